The second-order valence-electron chi connectivity index (χ2n) is 5.07. The average molecular weight is 264 g/mol. The van der Waals surface area contributed by atoms with Gasteiger partial charge in [-0.05, 0) is 32.4 Å². The molecule has 0 spiro atoms. The maximum atomic E-state index is 4.73. The van der Waals surface area contributed by atoms with Crippen molar-refractivity contribution in [3.8, 4) is 0 Å². The fraction of sp³-hybridized carbons (Fsp3) is 0.692. The second kappa shape index (κ2) is 5.05. The number of aromatic nitrogens is 2. The van der Waals surface area contributed by atoms with Gasteiger partial charge in [-0.15, -0.1) is 11.8 Å². The summed E-state index contributed by atoms with van der Waals surface area (Å²) in [5, 5.41) is 3.44. The predicted molar refractivity (Wildman–Crippen MR) is 75.5 cm³/mol. The maximum Gasteiger partial charge on any atom is 0.146 e. The van der Waals surface area contributed by atoms with Gasteiger partial charge in [0.05, 0.1) is 10.6 Å². The Balaban J connectivity index is 2.01. The van der Waals surface area contributed by atoms with Gasteiger partial charge in [-0.25, -0.2) is 9.97 Å². The van der Waals surface area contributed by atoms with E-state index >= 15 is 0 Å². The number of hydrogen-bond acceptors (Lipinski definition) is 5. The zero-order valence-corrected chi connectivity index (χ0v) is 11.9. The standard InChI is InChI=1S/C13H20N4S/c1-9-8-14-5-6-17(9)13-12-11(4-3-7-18-12)15-10(2)16-13/h9,14H,3-8H2,1-2H3. The number of piperazine rings is 1. The summed E-state index contributed by atoms with van der Waals surface area (Å²) in [4.78, 5) is 13.1. The molecule has 5 heteroatoms. The molecular weight excluding hydrogens is 244 g/mol. The molecule has 0 saturated carbocycles. The van der Waals surface area contributed by atoms with Crippen LogP contribution in [0, 0.1) is 6.92 Å². The number of aryl methyl sites for hydroxylation is 2. The lowest BCUT2D eigenvalue weighted by Gasteiger charge is -2.36. The van der Waals surface area contributed by atoms with Crippen LogP contribution in [0.2, 0.25) is 0 Å². The first-order valence-electron chi connectivity index (χ1n) is 6.73. The van der Waals surface area contributed by atoms with Gasteiger partial charge >= 0.3 is 0 Å². The SMILES string of the molecule is Cc1nc2c(c(N3CCNCC3C)n1)SCCC2. The first-order chi connectivity index (χ1) is 8.75. The molecule has 1 atom stereocenters. The Hall–Kier alpha value is -0.810. The van der Waals surface area contributed by atoms with E-state index in [1.165, 1.54) is 28.6 Å². The molecule has 2 aliphatic heterocycles. The molecule has 0 aliphatic carbocycles. The number of thioether (sulfide) groups is 1. The molecule has 18 heavy (non-hydrogen) atoms. The third-order valence-electron chi connectivity index (χ3n) is 3.61. The van der Waals surface area contributed by atoms with Crippen LogP contribution < -0.4 is 10.2 Å². The number of nitrogens with one attached hydrogen (secondary N) is 1. The lowest BCUT2D eigenvalue weighted by atomic mass is 10.2. The van der Waals surface area contributed by atoms with Gasteiger partial charge in [-0.1, -0.05) is 0 Å². The minimum absolute atomic E-state index is 0.514. The van der Waals surface area contributed by atoms with Crippen molar-refractivity contribution in [1.82, 2.24) is 15.3 Å². The second-order valence-corrected chi connectivity index (χ2v) is 6.17. The van der Waals surface area contributed by atoms with Crippen LogP contribution in [0.1, 0.15) is 24.9 Å². The molecule has 0 amide bonds. The number of rotatable bonds is 1. The van der Waals surface area contributed by atoms with E-state index in [1.54, 1.807) is 0 Å². The Kier molecular flexibility index (Phi) is 3.43. The summed E-state index contributed by atoms with van der Waals surface area (Å²) in [6.07, 6.45) is 2.35. The molecule has 1 aromatic heterocycles. The molecule has 1 unspecified atom stereocenters. The lowest BCUT2D eigenvalue weighted by molar-refractivity contribution is 0.493. The minimum Gasteiger partial charge on any atom is -0.350 e. The van der Waals surface area contributed by atoms with Crippen LogP contribution >= 0.6 is 11.8 Å². The summed E-state index contributed by atoms with van der Waals surface area (Å²) in [7, 11) is 0. The maximum absolute atomic E-state index is 4.73. The van der Waals surface area contributed by atoms with Gasteiger partial charge in [0.25, 0.3) is 0 Å². The highest BCUT2D eigenvalue weighted by Crippen LogP contribution is 2.36. The van der Waals surface area contributed by atoms with Crippen LogP contribution in [0.5, 0.6) is 0 Å². The molecule has 4 nitrogen and oxygen atoms in total. The summed E-state index contributed by atoms with van der Waals surface area (Å²) in [5.74, 6) is 3.29. The van der Waals surface area contributed by atoms with Crippen LogP contribution in [-0.2, 0) is 6.42 Å². The topological polar surface area (TPSA) is 41.1 Å². The van der Waals surface area contributed by atoms with E-state index in [2.05, 4.69) is 22.1 Å². The van der Waals surface area contributed by atoms with Gasteiger partial charge in [0.1, 0.15) is 11.6 Å². The normalized spacial score (nSPS) is 23.9. The van der Waals surface area contributed by atoms with E-state index in [-0.39, 0.29) is 0 Å². The van der Waals surface area contributed by atoms with Gasteiger partial charge in [0, 0.05) is 25.7 Å². The molecule has 3 rings (SSSR count). The number of anilines is 1. The van der Waals surface area contributed by atoms with Crippen LogP contribution in [0.4, 0.5) is 5.82 Å². The first-order valence-corrected chi connectivity index (χ1v) is 7.72. The molecule has 98 valence electrons. The van der Waals surface area contributed by atoms with Crippen LogP contribution in [0.3, 0.4) is 0 Å². The number of fused-ring (bicyclic) bond motifs is 1. The first kappa shape index (κ1) is 12.2. The molecule has 1 saturated heterocycles. The molecule has 1 fully saturated rings. The van der Waals surface area contributed by atoms with Gasteiger partial charge in [0.15, 0.2) is 0 Å². The fourth-order valence-corrected chi connectivity index (χ4v) is 3.78. The van der Waals surface area contributed by atoms with E-state index in [0.717, 1.165) is 31.9 Å². The molecule has 0 bridgehead atoms. The monoisotopic (exact) mass is 264 g/mol. The van der Waals surface area contributed by atoms with Gasteiger partial charge in [0.2, 0.25) is 0 Å². The summed E-state index contributed by atoms with van der Waals surface area (Å²) in [6, 6.07) is 0.514. The molecular formula is C13H20N4S. The van der Waals surface area contributed by atoms with E-state index in [4.69, 9.17) is 4.98 Å². The Morgan fingerprint density at radius 3 is 3.11 bits per heavy atom. The quantitative estimate of drug-likeness (QED) is 0.835. The van der Waals surface area contributed by atoms with Crippen molar-refractivity contribution in [2.45, 2.75) is 37.6 Å². The van der Waals surface area contributed by atoms with Crippen LogP contribution in [0.15, 0.2) is 4.90 Å². The Morgan fingerprint density at radius 1 is 1.39 bits per heavy atom. The summed E-state index contributed by atoms with van der Waals surface area (Å²) < 4.78 is 0. The van der Waals surface area contributed by atoms with E-state index in [1.807, 2.05) is 18.7 Å². The van der Waals surface area contributed by atoms with Crippen molar-refractivity contribution in [1.29, 1.82) is 0 Å². The van der Waals surface area contributed by atoms with E-state index in [9.17, 15) is 0 Å². The van der Waals surface area contributed by atoms with Crippen molar-refractivity contribution >= 4 is 17.6 Å². The highest BCUT2D eigenvalue weighted by molar-refractivity contribution is 7.99. The fourth-order valence-electron chi connectivity index (χ4n) is 2.69. The third-order valence-corrected chi connectivity index (χ3v) is 4.81. The zero-order chi connectivity index (χ0) is 12.5. The van der Waals surface area contributed by atoms with Crippen LogP contribution in [-0.4, -0.2) is 41.4 Å². The number of nitrogens with zero attached hydrogens (tertiary/aromatic N) is 3. The molecule has 1 N–H and O–H groups in total. The molecule has 2 aliphatic rings. The Bertz CT molecular complexity index is 449. The predicted octanol–water partition coefficient (Wildman–Crippen LogP) is 1.62. The summed E-state index contributed by atoms with van der Waals surface area (Å²) >= 11 is 1.93. The molecule has 3 heterocycles. The van der Waals surface area contributed by atoms with Crippen LogP contribution in [0.25, 0.3) is 0 Å². The van der Waals surface area contributed by atoms with Crippen molar-refractivity contribution in [3.63, 3.8) is 0 Å². The zero-order valence-electron chi connectivity index (χ0n) is 11.1. The van der Waals surface area contributed by atoms with Gasteiger partial charge in [-0.2, -0.15) is 0 Å². The van der Waals surface area contributed by atoms with E-state index < -0.39 is 0 Å². The van der Waals surface area contributed by atoms with Crippen molar-refractivity contribution in [2.24, 2.45) is 0 Å². The van der Waals surface area contributed by atoms with Crippen molar-refractivity contribution in [3.05, 3.63) is 11.5 Å². The van der Waals surface area contributed by atoms with Crippen molar-refractivity contribution in [2.75, 3.05) is 30.3 Å². The summed E-state index contributed by atoms with van der Waals surface area (Å²) in [6.45, 7) is 7.42. The largest absolute Gasteiger partial charge is 0.350 e. The smallest absolute Gasteiger partial charge is 0.146 e. The van der Waals surface area contributed by atoms with Gasteiger partial charge < -0.3 is 10.2 Å². The highest BCUT2D eigenvalue weighted by Gasteiger charge is 2.26. The van der Waals surface area contributed by atoms with Crippen molar-refractivity contribution < 1.29 is 0 Å². The number of hydrogen-bond donors (Lipinski definition) is 1. The summed E-state index contributed by atoms with van der Waals surface area (Å²) in [5.41, 5.74) is 1.26. The lowest BCUT2D eigenvalue weighted by Crippen LogP contribution is -2.50. The van der Waals surface area contributed by atoms with Gasteiger partial charge in [-0.3, -0.25) is 0 Å². The molecule has 1 aromatic rings. The molecule has 0 aromatic carbocycles. The molecule has 0 radical (unpaired) electrons. The highest BCUT2D eigenvalue weighted by atomic mass is 32.2. The van der Waals surface area contributed by atoms with E-state index in [0.29, 0.717) is 6.04 Å². The Morgan fingerprint density at radius 2 is 2.28 bits per heavy atom. The average Bonchev–Trinajstić information content (AvgIpc) is 2.38. The Labute approximate surface area is 113 Å². The minimum atomic E-state index is 0.514. The third kappa shape index (κ3) is 2.21.